The molecule has 1 aromatic rings. The van der Waals surface area contributed by atoms with Gasteiger partial charge in [-0.25, -0.2) is 18.4 Å². The van der Waals surface area contributed by atoms with Gasteiger partial charge < -0.3 is 10.4 Å². The molecule has 0 aliphatic carbocycles. The van der Waals surface area contributed by atoms with Crippen LogP contribution in [0.5, 0.6) is 0 Å². The molecule has 0 saturated carbocycles. The SMILES string of the molecule is CC(C)N1C(=O)NC(=O)C(C(=O)C[C@@H](NC(=O)O)c2ccc(F)c(F)c2)C1=O. The van der Waals surface area contributed by atoms with Crippen LogP contribution >= 0.6 is 0 Å². The number of nitrogens with zero attached hydrogens (tertiary/aromatic N) is 1. The van der Waals surface area contributed by atoms with E-state index >= 15 is 0 Å². The van der Waals surface area contributed by atoms with Crippen LogP contribution < -0.4 is 10.6 Å². The molecular weight excluding hydrogens is 380 g/mol. The first-order valence-corrected chi connectivity index (χ1v) is 8.18. The summed E-state index contributed by atoms with van der Waals surface area (Å²) in [5, 5.41) is 12.8. The Labute approximate surface area is 157 Å². The number of halogens is 2. The Hall–Kier alpha value is -3.37. The number of carboxylic acid groups (broad SMARTS) is 1. The molecule has 0 aromatic heterocycles. The zero-order valence-corrected chi connectivity index (χ0v) is 14.9. The van der Waals surface area contributed by atoms with E-state index in [9.17, 15) is 32.8 Å². The lowest BCUT2D eigenvalue weighted by Gasteiger charge is -2.32. The lowest BCUT2D eigenvalue weighted by atomic mass is 9.91. The number of urea groups is 1. The summed E-state index contributed by atoms with van der Waals surface area (Å²) in [6, 6.07) is -0.408. The predicted molar refractivity (Wildman–Crippen MR) is 88.9 cm³/mol. The number of carbonyl (C=O) groups excluding carboxylic acids is 4. The van der Waals surface area contributed by atoms with Crippen LogP contribution in [0.1, 0.15) is 31.9 Å². The van der Waals surface area contributed by atoms with Crippen molar-refractivity contribution < 1.29 is 37.9 Å². The number of imide groups is 2. The van der Waals surface area contributed by atoms with Crippen molar-refractivity contribution in [1.82, 2.24) is 15.5 Å². The average Bonchev–Trinajstić information content (AvgIpc) is 2.55. The molecule has 1 saturated heterocycles. The molecule has 1 heterocycles. The molecule has 1 aromatic carbocycles. The molecule has 1 fully saturated rings. The summed E-state index contributed by atoms with van der Waals surface area (Å²) in [7, 11) is 0. The summed E-state index contributed by atoms with van der Waals surface area (Å²) < 4.78 is 26.6. The van der Waals surface area contributed by atoms with Gasteiger partial charge in [0.2, 0.25) is 5.91 Å². The first-order chi connectivity index (χ1) is 13.0. The van der Waals surface area contributed by atoms with Gasteiger partial charge >= 0.3 is 12.1 Å². The number of barbiturate groups is 1. The minimum atomic E-state index is -1.86. The smallest absolute Gasteiger partial charge is 0.405 e. The first-order valence-electron chi connectivity index (χ1n) is 8.18. The van der Waals surface area contributed by atoms with Crippen molar-refractivity contribution in [2.24, 2.45) is 5.92 Å². The van der Waals surface area contributed by atoms with Gasteiger partial charge in [-0.2, -0.15) is 0 Å². The monoisotopic (exact) mass is 397 g/mol. The van der Waals surface area contributed by atoms with Gasteiger partial charge in [-0.05, 0) is 31.5 Å². The third-order valence-corrected chi connectivity index (χ3v) is 4.08. The number of carbonyl (C=O) groups is 5. The summed E-state index contributed by atoms with van der Waals surface area (Å²) >= 11 is 0. The van der Waals surface area contributed by atoms with Crippen LogP contribution in [-0.2, 0) is 14.4 Å². The number of rotatable bonds is 6. The Morgan fingerprint density at radius 1 is 1.21 bits per heavy atom. The van der Waals surface area contributed by atoms with E-state index in [2.05, 4.69) is 0 Å². The van der Waals surface area contributed by atoms with Crippen LogP contribution in [0.25, 0.3) is 0 Å². The van der Waals surface area contributed by atoms with Crippen LogP contribution in [0.4, 0.5) is 18.4 Å². The molecule has 9 nitrogen and oxygen atoms in total. The Bertz CT molecular complexity index is 857. The fourth-order valence-corrected chi connectivity index (χ4v) is 2.81. The molecule has 1 aliphatic heterocycles. The Morgan fingerprint density at radius 3 is 2.39 bits per heavy atom. The largest absolute Gasteiger partial charge is 0.465 e. The second-order valence-corrected chi connectivity index (χ2v) is 6.38. The molecule has 150 valence electrons. The number of Topliss-reactive ketones (excluding diaryl/α,β-unsaturated/α-hetero) is 1. The minimum absolute atomic E-state index is 0.0740. The molecule has 2 atom stereocenters. The van der Waals surface area contributed by atoms with Crippen molar-refractivity contribution in [2.75, 3.05) is 0 Å². The maximum atomic E-state index is 13.5. The van der Waals surface area contributed by atoms with Crippen LogP contribution in [0.3, 0.4) is 0 Å². The standard InChI is InChI=1S/C17H17F2N3O6/c1-7(2)22-15(25)13(14(24)21-16(22)26)12(23)6-11(20-17(27)28)8-3-4-9(18)10(19)5-8/h3-5,7,11,13,20H,6H2,1-2H3,(H,27,28)(H,21,24,26)/t11-,13?/m1/s1. The molecule has 5 amide bonds. The Morgan fingerprint density at radius 2 is 1.86 bits per heavy atom. The molecular formula is C17H17F2N3O6. The summed E-state index contributed by atoms with van der Waals surface area (Å²) in [6.07, 6.45) is -2.25. The van der Waals surface area contributed by atoms with Crippen LogP contribution in [0.2, 0.25) is 0 Å². The molecule has 0 bridgehead atoms. The van der Waals surface area contributed by atoms with Gasteiger partial charge in [0.15, 0.2) is 23.3 Å². The number of hydrogen-bond donors (Lipinski definition) is 3. The second-order valence-electron chi connectivity index (χ2n) is 6.38. The summed E-state index contributed by atoms with van der Waals surface area (Å²) in [4.78, 5) is 60.6. The number of benzene rings is 1. The maximum Gasteiger partial charge on any atom is 0.405 e. The Kier molecular flexibility index (Phi) is 6.06. The van der Waals surface area contributed by atoms with E-state index < -0.39 is 65.8 Å². The average molecular weight is 397 g/mol. The van der Waals surface area contributed by atoms with Gasteiger partial charge in [-0.3, -0.25) is 24.6 Å². The summed E-state index contributed by atoms with van der Waals surface area (Å²) in [5.41, 5.74) is -0.0740. The molecule has 0 spiro atoms. The molecule has 1 aliphatic rings. The topological polar surface area (TPSA) is 133 Å². The van der Waals surface area contributed by atoms with E-state index in [0.29, 0.717) is 11.0 Å². The summed E-state index contributed by atoms with van der Waals surface area (Å²) in [5.74, 6) is -7.43. The highest BCUT2D eigenvalue weighted by atomic mass is 19.2. The number of nitrogens with one attached hydrogen (secondary N) is 2. The quantitative estimate of drug-likeness (QED) is 0.621. The molecule has 1 unspecified atom stereocenters. The van der Waals surface area contributed by atoms with E-state index in [1.807, 2.05) is 10.6 Å². The molecule has 2 rings (SSSR count). The van der Waals surface area contributed by atoms with Gasteiger partial charge in [0.25, 0.3) is 5.91 Å². The number of ketones is 1. The van der Waals surface area contributed by atoms with Crippen molar-refractivity contribution in [1.29, 1.82) is 0 Å². The fourth-order valence-electron chi connectivity index (χ4n) is 2.81. The molecule has 3 N–H and O–H groups in total. The highest BCUT2D eigenvalue weighted by Gasteiger charge is 2.46. The van der Waals surface area contributed by atoms with E-state index in [0.717, 1.165) is 12.1 Å². The third kappa shape index (κ3) is 4.30. The van der Waals surface area contributed by atoms with Crippen molar-refractivity contribution in [2.45, 2.75) is 32.4 Å². The summed E-state index contributed by atoms with van der Waals surface area (Å²) in [6.45, 7) is 3.01. The predicted octanol–water partition coefficient (Wildman–Crippen LogP) is 1.34. The lowest BCUT2D eigenvalue weighted by Crippen LogP contribution is -2.61. The van der Waals surface area contributed by atoms with Crippen LogP contribution in [0.15, 0.2) is 18.2 Å². The van der Waals surface area contributed by atoms with Gasteiger partial charge in [0, 0.05) is 12.5 Å². The third-order valence-electron chi connectivity index (χ3n) is 4.08. The van der Waals surface area contributed by atoms with Gasteiger partial charge in [0.1, 0.15) is 0 Å². The normalized spacial score (nSPS) is 18.1. The highest BCUT2D eigenvalue weighted by Crippen LogP contribution is 2.24. The van der Waals surface area contributed by atoms with E-state index in [1.165, 1.54) is 13.8 Å². The zero-order valence-electron chi connectivity index (χ0n) is 14.9. The van der Waals surface area contributed by atoms with Crippen LogP contribution in [0, 0.1) is 17.6 Å². The fraction of sp³-hybridized carbons (Fsp3) is 0.353. The molecule has 0 radical (unpaired) electrons. The van der Waals surface area contributed by atoms with Crippen molar-refractivity contribution >= 4 is 29.7 Å². The second kappa shape index (κ2) is 8.11. The van der Waals surface area contributed by atoms with Gasteiger partial charge in [0.05, 0.1) is 6.04 Å². The Balaban J connectivity index is 2.30. The highest BCUT2D eigenvalue weighted by molar-refractivity contribution is 6.26. The first kappa shape index (κ1) is 20.9. The van der Waals surface area contributed by atoms with E-state index in [4.69, 9.17) is 5.11 Å². The lowest BCUT2D eigenvalue weighted by molar-refractivity contribution is -0.148. The molecule has 11 heteroatoms. The number of hydrogen-bond acceptors (Lipinski definition) is 5. The zero-order chi connectivity index (χ0) is 21.2. The molecule has 28 heavy (non-hydrogen) atoms. The van der Waals surface area contributed by atoms with Gasteiger partial charge in [-0.1, -0.05) is 6.07 Å². The van der Waals surface area contributed by atoms with E-state index in [-0.39, 0.29) is 5.56 Å². The van der Waals surface area contributed by atoms with Crippen molar-refractivity contribution in [3.8, 4) is 0 Å². The van der Waals surface area contributed by atoms with Crippen molar-refractivity contribution in [3.05, 3.63) is 35.4 Å². The van der Waals surface area contributed by atoms with E-state index in [1.54, 1.807) is 0 Å². The maximum absolute atomic E-state index is 13.5. The van der Waals surface area contributed by atoms with Gasteiger partial charge in [-0.15, -0.1) is 0 Å². The van der Waals surface area contributed by atoms with Crippen molar-refractivity contribution in [3.63, 3.8) is 0 Å². The number of amides is 5. The van der Waals surface area contributed by atoms with Crippen LogP contribution in [-0.4, -0.2) is 45.8 Å². The minimum Gasteiger partial charge on any atom is -0.465 e.